The molecule has 1 heteroatoms. The highest BCUT2D eigenvalue weighted by molar-refractivity contribution is 5.93. The first kappa shape index (κ1) is 16.9. The zero-order valence-corrected chi connectivity index (χ0v) is 14.5. The van der Waals surface area contributed by atoms with E-state index in [4.69, 9.17) is 0 Å². The zero-order valence-electron chi connectivity index (χ0n) is 14.5. The number of benzene rings is 2. The SMILES string of the molecule is C=C/C=C\C1=C(C)C(=C/c2ccc(C=O)cc2)/c2ccccc2CC1. The second-order valence-corrected chi connectivity index (χ2v) is 6.24. The number of fused-ring (bicyclic) bond motifs is 1. The molecule has 0 aliphatic heterocycles. The van der Waals surface area contributed by atoms with Crippen LogP contribution < -0.4 is 0 Å². The summed E-state index contributed by atoms with van der Waals surface area (Å²) in [4.78, 5) is 10.9. The van der Waals surface area contributed by atoms with E-state index in [9.17, 15) is 4.79 Å². The van der Waals surface area contributed by atoms with Gasteiger partial charge in [0.25, 0.3) is 0 Å². The summed E-state index contributed by atoms with van der Waals surface area (Å²) in [5.74, 6) is 0. The van der Waals surface area contributed by atoms with Gasteiger partial charge in [-0.05, 0) is 59.3 Å². The predicted molar refractivity (Wildman–Crippen MR) is 107 cm³/mol. The molecule has 1 nitrogen and oxygen atoms in total. The lowest BCUT2D eigenvalue weighted by atomic mass is 9.92. The number of rotatable bonds is 4. The van der Waals surface area contributed by atoms with E-state index in [1.54, 1.807) is 0 Å². The fourth-order valence-corrected chi connectivity index (χ4v) is 3.25. The molecule has 0 saturated heterocycles. The third-order valence-corrected chi connectivity index (χ3v) is 4.67. The normalized spacial score (nSPS) is 16.0. The van der Waals surface area contributed by atoms with Gasteiger partial charge >= 0.3 is 0 Å². The Balaban J connectivity index is 2.15. The van der Waals surface area contributed by atoms with Crippen molar-refractivity contribution in [3.8, 4) is 0 Å². The molecule has 0 aromatic heterocycles. The van der Waals surface area contributed by atoms with Crippen molar-refractivity contribution in [2.24, 2.45) is 0 Å². The van der Waals surface area contributed by atoms with E-state index in [1.807, 2.05) is 36.4 Å². The molecular formula is C24H22O. The first-order valence-electron chi connectivity index (χ1n) is 8.57. The van der Waals surface area contributed by atoms with Crippen molar-refractivity contribution in [2.75, 3.05) is 0 Å². The van der Waals surface area contributed by atoms with Crippen LogP contribution in [0.3, 0.4) is 0 Å². The van der Waals surface area contributed by atoms with Crippen molar-refractivity contribution in [3.63, 3.8) is 0 Å². The number of hydrogen-bond donors (Lipinski definition) is 0. The zero-order chi connectivity index (χ0) is 17.6. The Morgan fingerprint density at radius 1 is 0.960 bits per heavy atom. The lowest BCUT2D eigenvalue weighted by Gasteiger charge is -2.12. The molecule has 0 radical (unpaired) electrons. The minimum Gasteiger partial charge on any atom is -0.298 e. The van der Waals surface area contributed by atoms with E-state index < -0.39 is 0 Å². The summed E-state index contributed by atoms with van der Waals surface area (Å²) < 4.78 is 0. The van der Waals surface area contributed by atoms with Gasteiger partial charge in [0.15, 0.2) is 0 Å². The number of hydrogen-bond acceptors (Lipinski definition) is 1. The fourth-order valence-electron chi connectivity index (χ4n) is 3.25. The van der Waals surface area contributed by atoms with Crippen molar-refractivity contribution in [1.29, 1.82) is 0 Å². The van der Waals surface area contributed by atoms with E-state index >= 15 is 0 Å². The van der Waals surface area contributed by atoms with Gasteiger partial charge in [-0.2, -0.15) is 0 Å². The van der Waals surface area contributed by atoms with Crippen molar-refractivity contribution < 1.29 is 4.79 Å². The summed E-state index contributed by atoms with van der Waals surface area (Å²) in [5.41, 5.74) is 8.35. The molecule has 0 saturated carbocycles. The first-order valence-corrected chi connectivity index (χ1v) is 8.57. The van der Waals surface area contributed by atoms with Crippen molar-refractivity contribution >= 4 is 17.9 Å². The average molecular weight is 326 g/mol. The maximum atomic E-state index is 10.9. The Morgan fingerprint density at radius 2 is 1.68 bits per heavy atom. The number of carbonyl (C=O) groups is 1. The van der Waals surface area contributed by atoms with Crippen molar-refractivity contribution in [2.45, 2.75) is 19.8 Å². The molecule has 0 fully saturated rings. The van der Waals surface area contributed by atoms with Crippen molar-refractivity contribution in [1.82, 2.24) is 0 Å². The third kappa shape index (κ3) is 3.77. The highest BCUT2D eigenvalue weighted by atomic mass is 16.1. The summed E-state index contributed by atoms with van der Waals surface area (Å²) in [5, 5.41) is 0. The standard InChI is InChI=1S/C24H22O/c1-3-4-7-21-14-15-22-8-5-6-9-23(22)24(18(21)2)16-19-10-12-20(17-25)13-11-19/h3-13,16-17H,1,14-15H2,2H3/b7-4-,24-16-. The molecule has 0 N–H and O–H groups in total. The Bertz CT molecular complexity index is 877. The van der Waals surface area contributed by atoms with Crippen LogP contribution in [0.15, 0.2) is 84.5 Å². The first-order chi connectivity index (χ1) is 12.2. The van der Waals surface area contributed by atoms with E-state index in [0.29, 0.717) is 5.56 Å². The third-order valence-electron chi connectivity index (χ3n) is 4.67. The quantitative estimate of drug-likeness (QED) is 0.494. The highest BCUT2D eigenvalue weighted by Gasteiger charge is 2.16. The highest BCUT2D eigenvalue weighted by Crippen LogP contribution is 2.35. The van der Waals surface area contributed by atoms with Crippen LogP contribution in [-0.4, -0.2) is 6.29 Å². The van der Waals surface area contributed by atoms with E-state index in [-0.39, 0.29) is 0 Å². The molecule has 1 aliphatic carbocycles. The molecule has 3 rings (SSSR count). The molecule has 0 spiro atoms. The van der Waals surface area contributed by atoms with Gasteiger partial charge in [0, 0.05) is 5.56 Å². The minimum atomic E-state index is 0.699. The van der Waals surface area contributed by atoms with Gasteiger partial charge in [0.1, 0.15) is 6.29 Å². The molecule has 0 bridgehead atoms. The largest absolute Gasteiger partial charge is 0.298 e. The Hall–Kier alpha value is -2.93. The maximum Gasteiger partial charge on any atom is 0.150 e. The molecule has 0 heterocycles. The second-order valence-electron chi connectivity index (χ2n) is 6.24. The summed E-state index contributed by atoms with van der Waals surface area (Å²) in [7, 11) is 0. The van der Waals surface area contributed by atoms with Gasteiger partial charge < -0.3 is 0 Å². The molecule has 2 aromatic rings. The predicted octanol–water partition coefficient (Wildman–Crippen LogP) is 6.04. The molecule has 0 amide bonds. The molecule has 0 unspecified atom stereocenters. The Labute approximate surface area is 149 Å². The Morgan fingerprint density at radius 3 is 2.40 bits per heavy atom. The number of aldehydes is 1. The van der Waals surface area contributed by atoms with Crippen LogP contribution in [0.4, 0.5) is 0 Å². The van der Waals surface area contributed by atoms with Crippen LogP contribution in [0.2, 0.25) is 0 Å². The van der Waals surface area contributed by atoms with E-state index in [1.165, 1.54) is 27.8 Å². The molecule has 0 atom stereocenters. The summed E-state index contributed by atoms with van der Waals surface area (Å²) in [6.07, 6.45) is 11.1. The summed E-state index contributed by atoms with van der Waals surface area (Å²) >= 11 is 0. The van der Waals surface area contributed by atoms with Gasteiger partial charge in [-0.25, -0.2) is 0 Å². The maximum absolute atomic E-state index is 10.9. The summed E-state index contributed by atoms with van der Waals surface area (Å²) in [6, 6.07) is 16.3. The fraction of sp³-hybridized carbons (Fsp3) is 0.125. The number of carbonyl (C=O) groups excluding carboxylic acids is 1. The Kier molecular flexibility index (Phi) is 5.25. The number of allylic oxidation sites excluding steroid dienone is 6. The topological polar surface area (TPSA) is 17.1 Å². The minimum absolute atomic E-state index is 0.699. The van der Waals surface area contributed by atoms with Crippen LogP contribution in [0, 0.1) is 0 Å². The second kappa shape index (κ2) is 7.76. The van der Waals surface area contributed by atoms with Gasteiger partial charge in [0.2, 0.25) is 0 Å². The molecule has 1 aliphatic rings. The monoisotopic (exact) mass is 326 g/mol. The van der Waals surface area contributed by atoms with Gasteiger partial charge in [-0.3, -0.25) is 4.79 Å². The summed E-state index contributed by atoms with van der Waals surface area (Å²) in [6.45, 7) is 5.97. The average Bonchev–Trinajstić information content (AvgIpc) is 2.78. The molecule has 25 heavy (non-hydrogen) atoms. The smallest absolute Gasteiger partial charge is 0.150 e. The van der Waals surface area contributed by atoms with Crippen molar-refractivity contribution in [3.05, 3.63) is 107 Å². The van der Waals surface area contributed by atoms with Gasteiger partial charge in [-0.1, -0.05) is 73.3 Å². The molecule has 124 valence electrons. The molecular weight excluding hydrogens is 304 g/mol. The van der Waals surface area contributed by atoms with Crippen LogP contribution in [0.1, 0.15) is 40.4 Å². The van der Waals surface area contributed by atoms with E-state index in [2.05, 4.69) is 49.9 Å². The molecule has 2 aromatic carbocycles. The van der Waals surface area contributed by atoms with Crippen LogP contribution in [0.5, 0.6) is 0 Å². The van der Waals surface area contributed by atoms with Crippen LogP contribution >= 0.6 is 0 Å². The van der Waals surface area contributed by atoms with E-state index in [0.717, 1.165) is 24.7 Å². The van der Waals surface area contributed by atoms with Gasteiger partial charge in [0.05, 0.1) is 0 Å². The van der Waals surface area contributed by atoms with Gasteiger partial charge in [-0.15, -0.1) is 0 Å². The lowest BCUT2D eigenvalue weighted by Crippen LogP contribution is -1.91. The lowest BCUT2D eigenvalue weighted by molar-refractivity contribution is 0.112. The number of aryl methyl sites for hydroxylation is 1. The van der Waals surface area contributed by atoms with Crippen LogP contribution in [0.25, 0.3) is 11.6 Å². The van der Waals surface area contributed by atoms with Crippen LogP contribution in [-0.2, 0) is 6.42 Å².